The molecule has 0 spiro atoms. The molecule has 1 aliphatic rings. The molecular weight excluding hydrogens is 344 g/mol. The van der Waals surface area contributed by atoms with Gasteiger partial charge in [-0.25, -0.2) is 0 Å². The maximum absolute atomic E-state index is 12.8. The number of rotatable bonds is 6. The molecular formula is C20H20N4O3. The van der Waals surface area contributed by atoms with E-state index in [2.05, 4.69) is 15.3 Å². The minimum atomic E-state index is -0.498. The Morgan fingerprint density at radius 3 is 2.89 bits per heavy atom. The summed E-state index contributed by atoms with van der Waals surface area (Å²) in [6.45, 7) is 0.183. The van der Waals surface area contributed by atoms with Gasteiger partial charge in [0.1, 0.15) is 5.56 Å². The standard InChI is InChI=1S/C20H20N4O3/c1-21-19(26)15-9-13(18(25)8-12-2-3-12)10-24(20(15)27)11-17-14-4-6-22-16(14)5-7-23-17/h4-7,9-10,12,22H,2-3,8,11H2,1H3,(H,21,26). The fourth-order valence-corrected chi connectivity index (χ4v) is 3.24. The first-order chi connectivity index (χ1) is 13.1. The van der Waals surface area contributed by atoms with Crippen LogP contribution in [0.5, 0.6) is 0 Å². The van der Waals surface area contributed by atoms with E-state index in [0.29, 0.717) is 23.6 Å². The summed E-state index contributed by atoms with van der Waals surface area (Å²) in [4.78, 5) is 45.0. The molecule has 0 saturated heterocycles. The lowest BCUT2D eigenvalue weighted by Crippen LogP contribution is -2.32. The minimum absolute atomic E-state index is 0.0274. The summed E-state index contributed by atoms with van der Waals surface area (Å²) in [5.41, 5.74) is 1.54. The molecule has 0 atom stereocenters. The maximum atomic E-state index is 12.8. The van der Waals surface area contributed by atoms with Crippen LogP contribution in [0.25, 0.3) is 10.9 Å². The van der Waals surface area contributed by atoms with Gasteiger partial charge in [-0.15, -0.1) is 0 Å². The number of nitrogens with one attached hydrogen (secondary N) is 2. The van der Waals surface area contributed by atoms with Crippen molar-refractivity contribution in [2.75, 3.05) is 7.05 Å². The maximum Gasteiger partial charge on any atom is 0.263 e. The Morgan fingerprint density at radius 1 is 1.33 bits per heavy atom. The number of H-pyrrole nitrogens is 1. The van der Waals surface area contributed by atoms with Gasteiger partial charge in [-0.05, 0) is 37.0 Å². The number of hydrogen-bond donors (Lipinski definition) is 2. The predicted octanol–water partition coefficient (Wildman–Crippen LogP) is 2.12. The van der Waals surface area contributed by atoms with E-state index >= 15 is 0 Å². The smallest absolute Gasteiger partial charge is 0.263 e. The van der Waals surface area contributed by atoms with Gasteiger partial charge in [0.2, 0.25) is 0 Å². The molecule has 1 aliphatic carbocycles. The Morgan fingerprint density at radius 2 is 2.15 bits per heavy atom. The van der Waals surface area contributed by atoms with Crippen LogP contribution in [-0.2, 0) is 6.54 Å². The topological polar surface area (TPSA) is 96.8 Å². The van der Waals surface area contributed by atoms with Crippen molar-refractivity contribution in [1.29, 1.82) is 0 Å². The molecule has 0 aromatic carbocycles. The molecule has 3 aromatic rings. The summed E-state index contributed by atoms with van der Waals surface area (Å²) < 4.78 is 1.40. The molecule has 0 bridgehead atoms. The van der Waals surface area contributed by atoms with Crippen molar-refractivity contribution < 1.29 is 9.59 Å². The quantitative estimate of drug-likeness (QED) is 0.655. The number of ketones is 1. The molecule has 0 unspecified atom stereocenters. The third-order valence-corrected chi connectivity index (χ3v) is 4.93. The lowest BCUT2D eigenvalue weighted by Gasteiger charge is -2.11. The van der Waals surface area contributed by atoms with Crippen LogP contribution in [-0.4, -0.2) is 33.3 Å². The van der Waals surface area contributed by atoms with Gasteiger partial charge in [0.25, 0.3) is 11.5 Å². The number of nitrogens with zero attached hydrogens (tertiary/aromatic N) is 2. The average molecular weight is 364 g/mol. The van der Waals surface area contributed by atoms with Gasteiger partial charge in [0.05, 0.1) is 12.2 Å². The van der Waals surface area contributed by atoms with Crippen molar-refractivity contribution in [3.05, 3.63) is 64.0 Å². The summed E-state index contributed by atoms with van der Waals surface area (Å²) in [5.74, 6) is -0.108. The Labute approximate surface area is 155 Å². The van der Waals surface area contributed by atoms with Gasteiger partial charge in [-0.1, -0.05) is 0 Å². The third-order valence-electron chi connectivity index (χ3n) is 4.93. The summed E-state index contributed by atoms with van der Waals surface area (Å²) >= 11 is 0. The molecule has 1 fully saturated rings. The van der Waals surface area contributed by atoms with Crippen LogP contribution in [0, 0.1) is 5.92 Å². The van der Waals surface area contributed by atoms with Crippen molar-refractivity contribution in [3.8, 4) is 0 Å². The second-order valence-electron chi connectivity index (χ2n) is 6.92. The molecule has 7 heteroatoms. The van der Waals surface area contributed by atoms with E-state index in [9.17, 15) is 14.4 Å². The monoisotopic (exact) mass is 364 g/mol. The zero-order valence-electron chi connectivity index (χ0n) is 15.0. The highest BCUT2D eigenvalue weighted by Gasteiger charge is 2.26. The van der Waals surface area contributed by atoms with Crippen LogP contribution in [0.3, 0.4) is 0 Å². The highest BCUT2D eigenvalue weighted by molar-refractivity contribution is 6.00. The SMILES string of the molecule is CNC(=O)c1cc(C(=O)CC2CC2)cn(Cc2nccc3[nH]ccc23)c1=O. The summed E-state index contributed by atoms with van der Waals surface area (Å²) in [7, 11) is 1.47. The van der Waals surface area contributed by atoms with E-state index < -0.39 is 11.5 Å². The number of aromatic amines is 1. The summed E-state index contributed by atoms with van der Waals surface area (Å²) in [5, 5.41) is 3.38. The van der Waals surface area contributed by atoms with E-state index in [4.69, 9.17) is 0 Å². The average Bonchev–Trinajstić information content (AvgIpc) is 3.35. The summed E-state index contributed by atoms with van der Waals surface area (Å²) in [6, 6.07) is 5.16. The van der Waals surface area contributed by atoms with Crippen molar-refractivity contribution in [2.45, 2.75) is 25.8 Å². The van der Waals surface area contributed by atoms with E-state index in [1.54, 1.807) is 12.4 Å². The van der Waals surface area contributed by atoms with Crippen LogP contribution in [0.2, 0.25) is 0 Å². The van der Waals surface area contributed by atoms with Gasteiger partial charge in [-0.3, -0.25) is 19.4 Å². The molecule has 4 rings (SSSR count). The van der Waals surface area contributed by atoms with Crippen molar-refractivity contribution in [2.24, 2.45) is 5.92 Å². The lowest BCUT2D eigenvalue weighted by atomic mass is 10.1. The van der Waals surface area contributed by atoms with Gasteiger partial charge in [0, 0.05) is 48.5 Å². The van der Waals surface area contributed by atoms with Crippen LogP contribution >= 0.6 is 0 Å². The lowest BCUT2D eigenvalue weighted by molar-refractivity contribution is 0.0961. The van der Waals surface area contributed by atoms with Gasteiger partial charge in [0.15, 0.2) is 5.78 Å². The van der Waals surface area contributed by atoms with E-state index in [1.807, 2.05) is 18.3 Å². The second-order valence-corrected chi connectivity index (χ2v) is 6.92. The first kappa shape index (κ1) is 17.2. The molecule has 138 valence electrons. The van der Waals surface area contributed by atoms with Crippen molar-refractivity contribution >= 4 is 22.6 Å². The first-order valence-electron chi connectivity index (χ1n) is 8.97. The van der Waals surface area contributed by atoms with E-state index in [0.717, 1.165) is 23.7 Å². The number of hydrogen-bond acceptors (Lipinski definition) is 4. The third kappa shape index (κ3) is 3.40. The number of fused-ring (bicyclic) bond motifs is 1. The minimum Gasteiger partial charge on any atom is -0.361 e. The zero-order chi connectivity index (χ0) is 19.0. The Kier molecular flexibility index (Phi) is 4.35. The Bertz CT molecular complexity index is 1090. The van der Waals surface area contributed by atoms with Crippen LogP contribution < -0.4 is 10.9 Å². The molecule has 27 heavy (non-hydrogen) atoms. The fourth-order valence-electron chi connectivity index (χ4n) is 3.24. The molecule has 1 amide bonds. The van der Waals surface area contributed by atoms with Crippen LogP contribution in [0.15, 0.2) is 41.6 Å². The van der Waals surface area contributed by atoms with Crippen LogP contribution in [0.4, 0.5) is 0 Å². The molecule has 0 aliphatic heterocycles. The number of carbonyl (C=O) groups is 2. The van der Waals surface area contributed by atoms with Gasteiger partial charge < -0.3 is 14.9 Å². The number of amides is 1. The highest BCUT2D eigenvalue weighted by Crippen LogP contribution is 2.33. The molecule has 3 heterocycles. The van der Waals surface area contributed by atoms with E-state index in [1.165, 1.54) is 17.7 Å². The number of pyridine rings is 2. The Hall–Kier alpha value is -3.22. The highest BCUT2D eigenvalue weighted by atomic mass is 16.2. The van der Waals surface area contributed by atoms with E-state index in [-0.39, 0.29) is 17.9 Å². The number of carbonyl (C=O) groups excluding carboxylic acids is 2. The molecule has 0 radical (unpaired) electrons. The zero-order valence-corrected chi connectivity index (χ0v) is 15.0. The second kappa shape index (κ2) is 6.83. The van der Waals surface area contributed by atoms with Crippen molar-refractivity contribution in [1.82, 2.24) is 19.9 Å². The van der Waals surface area contributed by atoms with Crippen LogP contribution in [0.1, 0.15) is 45.7 Å². The molecule has 1 saturated carbocycles. The molecule has 2 N–H and O–H groups in total. The van der Waals surface area contributed by atoms with Gasteiger partial charge in [-0.2, -0.15) is 0 Å². The normalized spacial score (nSPS) is 13.7. The van der Waals surface area contributed by atoms with Crippen molar-refractivity contribution in [3.63, 3.8) is 0 Å². The number of aromatic nitrogens is 3. The Balaban J connectivity index is 1.78. The van der Waals surface area contributed by atoms with Gasteiger partial charge >= 0.3 is 0 Å². The largest absolute Gasteiger partial charge is 0.361 e. The predicted molar refractivity (Wildman–Crippen MR) is 101 cm³/mol. The molecule has 7 nitrogen and oxygen atoms in total. The molecule has 3 aromatic heterocycles. The number of Topliss-reactive ketones (excluding diaryl/α,β-unsaturated/α-hetero) is 1. The fraction of sp³-hybridized carbons (Fsp3) is 0.300. The first-order valence-corrected chi connectivity index (χ1v) is 8.97. The summed E-state index contributed by atoms with van der Waals surface area (Å²) in [6.07, 6.45) is 7.61.